The first kappa shape index (κ1) is 21.4. The number of hydrogen-bond acceptors (Lipinski definition) is 3. The normalized spacial score (nSPS) is 15.9. The number of nitrogens with one attached hydrogen (secondary N) is 2. The predicted octanol–water partition coefficient (Wildman–Crippen LogP) is 5.02. The maximum absolute atomic E-state index is 4.40. The fourth-order valence-corrected chi connectivity index (χ4v) is 4.21. The van der Waals surface area contributed by atoms with Crippen molar-refractivity contribution >= 4 is 35.2 Å². The molecular weight excluding hydrogens is 406 g/mol. The second-order valence-corrected chi connectivity index (χ2v) is 8.88. The van der Waals surface area contributed by atoms with Gasteiger partial charge in [-0.3, -0.25) is 5.10 Å². The fraction of sp³-hybridized carbons (Fsp3) is 0.250. The second kappa shape index (κ2) is 10.0. The summed E-state index contributed by atoms with van der Waals surface area (Å²) in [7, 11) is 2.20. The molecule has 0 atom stereocenters. The summed E-state index contributed by atoms with van der Waals surface area (Å²) >= 11 is 0. The van der Waals surface area contributed by atoms with Crippen molar-refractivity contribution in [1.29, 1.82) is 0 Å². The highest BCUT2D eigenvalue weighted by atomic mass is 15.2. The molecule has 2 N–H and O–H groups in total. The van der Waals surface area contributed by atoms with E-state index in [2.05, 4.69) is 105 Å². The minimum absolute atomic E-state index is 0.917. The molecular formula is C28H31N5. The quantitative estimate of drug-likeness (QED) is 0.427. The van der Waals surface area contributed by atoms with E-state index < -0.39 is 0 Å². The third-order valence-corrected chi connectivity index (χ3v) is 6.39. The van der Waals surface area contributed by atoms with Gasteiger partial charge in [0.2, 0.25) is 0 Å². The Morgan fingerprint density at radius 2 is 1.64 bits per heavy atom. The summed E-state index contributed by atoms with van der Waals surface area (Å²) in [5.74, 6) is 0. The molecule has 1 saturated heterocycles. The van der Waals surface area contributed by atoms with E-state index in [1.165, 1.54) is 42.7 Å². The Hall–Kier alpha value is -3.41. The lowest BCUT2D eigenvalue weighted by molar-refractivity contribution is 0.155. The minimum atomic E-state index is 0.917. The maximum Gasteiger partial charge on any atom is 0.0854 e. The van der Waals surface area contributed by atoms with Crippen LogP contribution >= 0.6 is 0 Å². The summed E-state index contributed by atoms with van der Waals surface area (Å²) < 4.78 is 0. The number of likely N-dealkylation sites (N-methyl/N-ethyl adjacent to an activating group) is 1. The van der Waals surface area contributed by atoms with E-state index in [-0.39, 0.29) is 0 Å². The third kappa shape index (κ3) is 5.69. The van der Waals surface area contributed by atoms with Crippen LogP contribution in [0, 0.1) is 0 Å². The van der Waals surface area contributed by atoms with Crippen LogP contribution in [0.3, 0.4) is 0 Å². The summed E-state index contributed by atoms with van der Waals surface area (Å²) in [5, 5.41) is 8.74. The number of rotatable bonds is 7. The summed E-state index contributed by atoms with van der Waals surface area (Å²) in [6.07, 6.45) is 11.4. The van der Waals surface area contributed by atoms with Crippen LogP contribution in [0.1, 0.15) is 28.1 Å². The lowest BCUT2D eigenvalue weighted by Crippen LogP contribution is -2.45. The number of benzene rings is 2. The topological polar surface area (TPSA) is 50.9 Å². The average Bonchev–Trinajstić information content (AvgIpc) is 3.51. The largest absolute Gasteiger partial charge is 0.361 e. The van der Waals surface area contributed by atoms with Gasteiger partial charge < -0.3 is 14.8 Å². The van der Waals surface area contributed by atoms with Crippen molar-refractivity contribution in [2.75, 3.05) is 39.8 Å². The highest BCUT2D eigenvalue weighted by Gasteiger charge is 2.12. The first-order valence-electron chi connectivity index (χ1n) is 11.7. The van der Waals surface area contributed by atoms with Crippen molar-refractivity contribution in [3.63, 3.8) is 0 Å². The van der Waals surface area contributed by atoms with E-state index in [1.807, 2.05) is 12.3 Å². The zero-order chi connectivity index (χ0) is 22.5. The third-order valence-electron chi connectivity index (χ3n) is 6.39. The molecule has 0 aliphatic carbocycles. The number of aromatic amines is 2. The molecule has 1 fully saturated rings. The van der Waals surface area contributed by atoms with Gasteiger partial charge in [0.15, 0.2) is 0 Å². The molecule has 5 rings (SSSR count). The lowest BCUT2D eigenvalue weighted by Gasteiger charge is -2.32. The van der Waals surface area contributed by atoms with Gasteiger partial charge in [-0.2, -0.15) is 5.10 Å². The number of nitrogens with zero attached hydrogens (tertiary/aromatic N) is 3. The Bertz CT molecular complexity index is 1240. The standard InChI is InChI=1S/C28H31N5/c1-32-16-18-33(19-17-32)15-13-23-4-2-22(3-5-23)7-10-26-21-27(31-30-26)11-8-24-6-9-25-12-14-29-28(25)20-24/h2-12,14,20-21,29H,13,15-19H2,1H3,(H,30,31)/b10-7+,11-8?. The zero-order valence-electron chi connectivity index (χ0n) is 19.2. The molecule has 0 saturated carbocycles. The van der Waals surface area contributed by atoms with Crippen molar-refractivity contribution in [2.45, 2.75) is 6.42 Å². The van der Waals surface area contributed by atoms with Crippen molar-refractivity contribution < 1.29 is 0 Å². The molecule has 4 aromatic rings. The summed E-state index contributed by atoms with van der Waals surface area (Å²) in [5.41, 5.74) is 6.81. The molecule has 0 radical (unpaired) electrons. The number of fused-ring (bicyclic) bond motifs is 1. The molecule has 1 aliphatic rings. The van der Waals surface area contributed by atoms with Gasteiger partial charge in [0.1, 0.15) is 0 Å². The first-order chi connectivity index (χ1) is 16.2. The van der Waals surface area contributed by atoms with E-state index in [4.69, 9.17) is 0 Å². The van der Waals surface area contributed by atoms with Crippen molar-refractivity contribution in [3.05, 3.63) is 88.9 Å². The SMILES string of the molecule is CN1CCN(CCc2ccc(/C=C/c3cc(C=Cc4ccc5cc[nH]c5c4)n[nH]3)cc2)CC1. The average molecular weight is 438 g/mol. The second-order valence-electron chi connectivity index (χ2n) is 8.88. The lowest BCUT2D eigenvalue weighted by atomic mass is 10.1. The summed E-state index contributed by atoms with van der Waals surface area (Å²) in [6, 6.07) is 19.4. The van der Waals surface area contributed by atoms with Gasteiger partial charge in [0.25, 0.3) is 0 Å². The molecule has 33 heavy (non-hydrogen) atoms. The maximum atomic E-state index is 4.40. The van der Waals surface area contributed by atoms with Gasteiger partial charge in [-0.15, -0.1) is 0 Å². The summed E-state index contributed by atoms with van der Waals surface area (Å²) in [6.45, 7) is 5.86. The van der Waals surface area contributed by atoms with Crippen LogP contribution in [0.5, 0.6) is 0 Å². The molecule has 3 heterocycles. The summed E-state index contributed by atoms with van der Waals surface area (Å²) in [4.78, 5) is 8.22. The van der Waals surface area contributed by atoms with Gasteiger partial charge in [0.05, 0.1) is 11.4 Å². The monoisotopic (exact) mass is 437 g/mol. The molecule has 0 spiro atoms. The zero-order valence-corrected chi connectivity index (χ0v) is 19.2. The molecule has 1 aliphatic heterocycles. The Morgan fingerprint density at radius 3 is 2.48 bits per heavy atom. The molecule has 5 nitrogen and oxygen atoms in total. The van der Waals surface area contributed by atoms with Crippen LogP contribution in [-0.2, 0) is 6.42 Å². The van der Waals surface area contributed by atoms with Crippen molar-refractivity contribution in [2.24, 2.45) is 0 Å². The Kier molecular flexibility index (Phi) is 6.51. The Morgan fingerprint density at radius 1 is 0.848 bits per heavy atom. The van der Waals surface area contributed by atoms with Crippen LogP contribution in [0.2, 0.25) is 0 Å². The Balaban J connectivity index is 1.14. The van der Waals surface area contributed by atoms with E-state index in [1.54, 1.807) is 0 Å². The van der Waals surface area contributed by atoms with Gasteiger partial charge in [-0.1, -0.05) is 48.6 Å². The van der Waals surface area contributed by atoms with Crippen LogP contribution in [0.4, 0.5) is 0 Å². The van der Waals surface area contributed by atoms with Crippen LogP contribution in [-0.4, -0.2) is 64.8 Å². The Labute approximate surface area is 195 Å². The van der Waals surface area contributed by atoms with Crippen LogP contribution in [0.15, 0.2) is 60.8 Å². The van der Waals surface area contributed by atoms with E-state index >= 15 is 0 Å². The highest BCUT2D eigenvalue weighted by molar-refractivity contribution is 5.83. The number of piperazine rings is 1. The van der Waals surface area contributed by atoms with Crippen LogP contribution < -0.4 is 0 Å². The molecule has 0 amide bonds. The molecule has 0 bridgehead atoms. The molecule has 0 unspecified atom stereocenters. The van der Waals surface area contributed by atoms with Gasteiger partial charge in [-0.05, 0) is 65.9 Å². The molecule has 2 aromatic heterocycles. The predicted molar refractivity (Wildman–Crippen MR) is 139 cm³/mol. The molecule has 2 aromatic carbocycles. The van der Waals surface area contributed by atoms with E-state index in [0.29, 0.717) is 0 Å². The number of hydrogen-bond donors (Lipinski definition) is 2. The van der Waals surface area contributed by atoms with E-state index in [0.717, 1.165) is 35.4 Å². The highest BCUT2D eigenvalue weighted by Crippen LogP contribution is 2.17. The van der Waals surface area contributed by atoms with Gasteiger partial charge >= 0.3 is 0 Å². The van der Waals surface area contributed by atoms with Crippen molar-refractivity contribution in [3.8, 4) is 0 Å². The van der Waals surface area contributed by atoms with Crippen LogP contribution in [0.25, 0.3) is 35.2 Å². The molecule has 168 valence electrons. The fourth-order valence-electron chi connectivity index (χ4n) is 4.21. The minimum Gasteiger partial charge on any atom is -0.361 e. The van der Waals surface area contributed by atoms with Gasteiger partial charge in [0, 0.05) is 44.4 Å². The van der Waals surface area contributed by atoms with Gasteiger partial charge in [-0.25, -0.2) is 0 Å². The number of H-pyrrole nitrogens is 2. The smallest absolute Gasteiger partial charge is 0.0854 e. The van der Waals surface area contributed by atoms with Crippen molar-refractivity contribution in [1.82, 2.24) is 25.0 Å². The van der Waals surface area contributed by atoms with E-state index in [9.17, 15) is 0 Å². The number of aromatic nitrogens is 3. The first-order valence-corrected chi connectivity index (χ1v) is 11.7. The molecule has 5 heteroatoms.